The highest BCUT2D eigenvalue weighted by molar-refractivity contribution is 6.62. The van der Waals surface area contributed by atoms with Crippen molar-refractivity contribution in [3.63, 3.8) is 0 Å². The van der Waals surface area contributed by atoms with Gasteiger partial charge in [0, 0.05) is 6.20 Å². The van der Waals surface area contributed by atoms with Crippen molar-refractivity contribution in [2.45, 2.75) is 52.0 Å². The highest BCUT2D eigenvalue weighted by Crippen LogP contribution is 2.36. The summed E-state index contributed by atoms with van der Waals surface area (Å²) in [6, 6.07) is 5.45. The van der Waals surface area contributed by atoms with E-state index < -0.39 is 31.0 Å². The van der Waals surface area contributed by atoms with Gasteiger partial charge >= 0.3 is 13.3 Å². The van der Waals surface area contributed by atoms with Crippen LogP contribution in [0.4, 0.5) is 13.2 Å². The summed E-state index contributed by atoms with van der Waals surface area (Å²) in [4.78, 5) is 11.3. The minimum atomic E-state index is -4.44. The first-order valence-electron chi connectivity index (χ1n) is 8.27. The Labute approximate surface area is 152 Å². The Morgan fingerprint density at radius 3 is 2.19 bits per heavy atom. The van der Waals surface area contributed by atoms with Gasteiger partial charge in [-0.1, -0.05) is 18.2 Å². The van der Waals surface area contributed by atoms with Gasteiger partial charge in [0.15, 0.2) is 0 Å². The summed E-state index contributed by atoms with van der Waals surface area (Å²) in [7, 11) is -0.506. The molecule has 1 heterocycles. The van der Waals surface area contributed by atoms with Crippen LogP contribution in [0.2, 0.25) is 0 Å². The topological polar surface area (TPSA) is 38.8 Å². The maximum Gasteiger partial charge on any atom is 0.494 e. The smallest absolute Gasteiger partial charge is 0.399 e. The third kappa shape index (κ3) is 4.68. The lowest BCUT2D eigenvalue weighted by Crippen LogP contribution is -2.41. The second kappa shape index (κ2) is 7.08. The van der Waals surface area contributed by atoms with Crippen LogP contribution in [0.3, 0.4) is 0 Å². The summed E-state index contributed by atoms with van der Waals surface area (Å²) in [6.45, 7) is 8.37. The molecule has 26 heavy (non-hydrogen) atoms. The van der Waals surface area contributed by atoms with Crippen molar-refractivity contribution in [2.24, 2.45) is 0 Å². The number of halogens is 3. The minimum absolute atomic E-state index is 0.151. The van der Waals surface area contributed by atoms with Crippen LogP contribution >= 0.6 is 0 Å². The molecule has 1 aromatic carbocycles. The Morgan fingerprint density at radius 2 is 1.73 bits per heavy atom. The van der Waals surface area contributed by atoms with Gasteiger partial charge in [-0.15, -0.1) is 0 Å². The van der Waals surface area contributed by atoms with E-state index in [0.29, 0.717) is 10.5 Å². The van der Waals surface area contributed by atoms with Crippen LogP contribution in [-0.4, -0.2) is 42.4 Å². The molecule has 0 atom stereocenters. The fraction of sp³-hybridized carbons (Fsp3) is 0.500. The third-order valence-corrected chi connectivity index (χ3v) is 4.76. The third-order valence-electron chi connectivity index (χ3n) is 4.76. The van der Waals surface area contributed by atoms with Crippen LogP contribution in [0.15, 0.2) is 24.4 Å². The van der Waals surface area contributed by atoms with E-state index >= 15 is 0 Å². The molecular formula is C18H23BF3NO3. The lowest BCUT2D eigenvalue weighted by molar-refractivity contribution is -0.148. The lowest BCUT2D eigenvalue weighted by Gasteiger charge is -2.32. The molecule has 1 fully saturated rings. The van der Waals surface area contributed by atoms with Crippen LogP contribution in [-0.2, 0) is 14.1 Å². The molecule has 8 heteroatoms. The molecule has 0 spiro atoms. The number of carbonyl (C=O) groups excluding carboxylic acids is 1. The van der Waals surface area contributed by atoms with Crippen molar-refractivity contribution >= 4 is 25.1 Å². The first-order valence-corrected chi connectivity index (χ1v) is 8.27. The van der Waals surface area contributed by atoms with Gasteiger partial charge in [-0.05, 0) is 57.3 Å². The van der Waals surface area contributed by atoms with Crippen molar-refractivity contribution in [3.8, 4) is 0 Å². The second-order valence-electron chi connectivity index (χ2n) is 7.41. The molecule has 0 bridgehead atoms. The van der Waals surface area contributed by atoms with Crippen LogP contribution in [0.5, 0.6) is 0 Å². The molecule has 1 aromatic rings. The van der Waals surface area contributed by atoms with Crippen molar-refractivity contribution in [3.05, 3.63) is 35.5 Å². The van der Waals surface area contributed by atoms with Crippen molar-refractivity contribution in [2.75, 3.05) is 6.54 Å². The summed E-state index contributed by atoms with van der Waals surface area (Å²) < 4.78 is 49.2. The normalized spacial score (nSPS) is 19.2. The van der Waals surface area contributed by atoms with Crippen molar-refractivity contribution in [1.82, 2.24) is 4.90 Å². The molecule has 0 radical (unpaired) electrons. The van der Waals surface area contributed by atoms with Gasteiger partial charge in [0.25, 0.3) is 0 Å². The molecule has 0 saturated carbocycles. The number of hydrogen-bond donors (Lipinski definition) is 0. The highest BCUT2D eigenvalue weighted by atomic mass is 19.4. The molecule has 1 amide bonds. The summed E-state index contributed by atoms with van der Waals surface area (Å²) >= 11 is 0. The minimum Gasteiger partial charge on any atom is -0.399 e. The quantitative estimate of drug-likeness (QED) is 0.591. The number of amides is 1. The average Bonchev–Trinajstić information content (AvgIpc) is 2.71. The molecule has 1 aliphatic rings. The van der Waals surface area contributed by atoms with Crippen LogP contribution in [0.1, 0.15) is 38.8 Å². The van der Waals surface area contributed by atoms with Gasteiger partial charge in [-0.25, -0.2) is 0 Å². The number of alkyl halides is 3. The summed E-state index contributed by atoms with van der Waals surface area (Å²) in [5.41, 5.74) is 1.48. The predicted molar refractivity (Wildman–Crippen MR) is 94.8 cm³/mol. The molecule has 1 aliphatic heterocycles. The van der Waals surface area contributed by atoms with E-state index in [9.17, 15) is 18.0 Å². The Balaban J connectivity index is 2.15. The van der Waals surface area contributed by atoms with E-state index in [0.717, 1.165) is 17.2 Å². The zero-order valence-electron chi connectivity index (χ0n) is 15.6. The fourth-order valence-corrected chi connectivity index (χ4v) is 2.52. The van der Waals surface area contributed by atoms with Gasteiger partial charge in [0.1, 0.15) is 6.54 Å². The molecule has 0 aromatic heterocycles. The monoisotopic (exact) mass is 369 g/mol. The fourth-order valence-electron chi connectivity index (χ4n) is 2.52. The maximum absolute atomic E-state index is 12.4. The maximum atomic E-state index is 12.4. The first kappa shape index (κ1) is 20.5. The lowest BCUT2D eigenvalue weighted by atomic mass is 9.78. The number of aryl methyl sites for hydroxylation is 1. The van der Waals surface area contributed by atoms with E-state index in [4.69, 9.17) is 9.31 Å². The van der Waals surface area contributed by atoms with Crippen LogP contribution in [0, 0.1) is 6.92 Å². The average molecular weight is 369 g/mol. The van der Waals surface area contributed by atoms with Gasteiger partial charge < -0.3 is 14.2 Å². The SMILES string of the molecule is Cc1cc(B2OC(C)(C)C(C)(C)O2)ccc1/C=C\N(C=O)CC(F)(F)F. The van der Waals surface area contributed by atoms with Gasteiger partial charge in [-0.3, -0.25) is 4.79 Å². The Kier molecular flexibility index (Phi) is 5.59. The molecule has 0 N–H and O–H groups in total. The van der Waals surface area contributed by atoms with Crippen LogP contribution < -0.4 is 5.46 Å². The van der Waals surface area contributed by atoms with Gasteiger partial charge in [0.05, 0.1) is 11.2 Å². The number of carbonyl (C=O) groups is 1. The Hall–Kier alpha value is -1.80. The number of hydrogen-bond acceptors (Lipinski definition) is 3. The van der Waals surface area contributed by atoms with E-state index in [-0.39, 0.29) is 6.41 Å². The summed E-state index contributed by atoms with van der Waals surface area (Å²) in [5, 5.41) is 0. The van der Waals surface area contributed by atoms with E-state index in [1.807, 2.05) is 46.8 Å². The molecule has 4 nitrogen and oxygen atoms in total. The predicted octanol–water partition coefficient (Wildman–Crippen LogP) is 3.29. The van der Waals surface area contributed by atoms with E-state index in [1.54, 1.807) is 6.07 Å². The van der Waals surface area contributed by atoms with Crippen molar-refractivity contribution < 1.29 is 27.3 Å². The highest BCUT2D eigenvalue weighted by Gasteiger charge is 2.51. The molecule has 2 rings (SSSR count). The summed E-state index contributed by atoms with van der Waals surface area (Å²) in [5.74, 6) is 0. The van der Waals surface area contributed by atoms with Gasteiger partial charge in [0.2, 0.25) is 6.41 Å². The standard InChI is InChI=1S/C18H23BF3NO3/c1-13-10-15(19-25-16(2,3)17(4,5)26-19)7-6-14(13)8-9-23(12-24)11-18(20,21)22/h6-10,12H,11H2,1-5H3/b9-8-. The Bertz CT molecular complexity index is 685. The largest absolute Gasteiger partial charge is 0.494 e. The second-order valence-corrected chi connectivity index (χ2v) is 7.41. The zero-order valence-corrected chi connectivity index (χ0v) is 15.6. The molecule has 1 saturated heterocycles. The molecule has 142 valence electrons. The summed E-state index contributed by atoms with van der Waals surface area (Å²) in [6.07, 6.45) is -1.69. The van der Waals surface area contributed by atoms with Crippen LogP contribution in [0.25, 0.3) is 6.08 Å². The molecule has 0 aliphatic carbocycles. The Morgan fingerprint density at radius 1 is 1.15 bits per heavy atom. The number of benzene rings is 1. The number of nitrogens with zero attached hydrogens (tertiary/aromatic N) is 1. The van der Waals surface area contributed by atoms with Gasteiger partial charge in [-0.2, -0.15) is 13.2 Å². The first-order chi connectivity index (χ1) is 11.8. The zero-order chi connectivity index (χ0) is 19.8. The molecular weight excluding hydrogens is 346 g/mol. The van der Waals surface area contributed by atoms with E-state index in [1.165, 1.54) is 6.08 Å². The molecule has 0 unspecified atom stereocenters. The number of rotatable bonds is 5. The van der Waals surface area contributed by atoms with Crippen molar-refractivity contribution in [1.29, 1.82) is 0 Å². The van der Waals surface area contributed by atoms with E-state index in [2.05, 4.69) is 0 Å².